The van der Waals surface area contributed by atoms with Crippen LogP contribution in [0, 0.1) is 19.3 Å². The molecule has 0 unspecified atom stereocenters. The van der Waals surface area contributed by atoms with Gasteiger partial charge in [0.05, 0.1) is 18.8 Å². The second kappa shape index (κ2) is 10.5. The lowest BCUT2D eigenvalue weighted by atomic mass is 9.85. The maximum Gasteiger partial charge on any atom is 0.344 e. The van der Waals surface area contributed by atoms with Gasteiger partial charge < -0.3 is 19.1 Å². The molecule has 2 heterocycles. The molecule has 0 fully saturated rings. The summed E-state index contributed by atoms with van der Waals surface area (Å²) >= 11 is 0. The lowest BCUT2D eigenvalue weighted by Crippen LogP contribution is -2.30. The third kappa shape index (κ3) is 6.48. The smallest absolute Gasteiger partial charge is 0.344 e. The zero-order valence-electron chi connectivity index (χ0n) is 23.5. The standard InChI is InChI=1S/C29H39N3O5/c1-10-35-26-17(2)20-14-32(27(30)25(20)31-18(26)3)15-22(33)19-11-12-23(21(13-19)28(4,5)6)36-16-24(34)37-29(7,8)9/h11-13,30H,10,14-16H2,1-9H3. The maximum absolute atomic E-state index is 13.3. The van der Waals surface area contributed by atoms with Crippen LogP contribution in [0.1, 0.15) is 86.9 Å². The van der Waals surface area contributed by atoms with Gasteiger partial charge in [0, 0.05) is 28.8 Å². The summed E-state index contributed by atoms with van der Waals surface area (Å²) in [5.41, 5.74) is 3.65. The van der Waals surface area contributed by atoms with Crippen LogP contribution in [-0.4, -0.2) is 52.8 Å². The number of Topliss-reactive ketones (excluding diaryl/α,β-unsaturated/α-hetero) is 1. The van der Waals surface area contributed by atoms with Gasteiger partial charge in [-0.2, -0.15) is 0 Å². The number of carbonyl (C=O) groups is 2. The molecule has 2 aromatic rings. The summed E-state index contributed by atoms with van der Waals surface area (Å²) in [6.07, 6.45) is 0. The molecule has 1 aliphatic rings. The second-order valence-electron chi connectivity index (χ2n) is 11.4. The highest BCUT2D eigenvalue weighted by Gasteiger charge is 2.31. The van der Waals surface area contributed by atoms with E-state index in [9.17, 15) is 9.59 Å². The van der Waals surface area contributed by atoms with E-state index in [2.05, 4.69) is 4.98 Å². The fraction of sp³-hybridized carbons (Fsp3) is 0.517. The Morgan fingerprint density at radius 3 is 2.35 bits per heavy atom. The summed E-state index contributed by atoms with van der Waals surface area (Å²) in [7, 11) is 0. The Bertz CT molecular complexity index is 1220. The van der Waals surface area contributed by atoms with Crippen molar-refractivity contribution in [1.29, 1.82) is 5.41 Å². The lowest BCUT2D eigenvalue weighted by Gasteiger charge is -2.25. The van der Waals surface area contributed by atoms with Gasteiger partial charge in [-0.3, -0.25) is 10.2 Å². The fourth-order valence-electron chi connectivity index (χ4n) is 4.36. The van der Waals surface area contributed by atoms with Crippen LogP contribution < -0.4 is 9.47 Å². The molecular weight excluding hydrogens is 470 g/mol. The Balaban J connectivity index is 1.79. The summed E-state index contributed by atoms with van der Waals surface area (Å²) in [5.74, 6) is 0.965. The third-order valence-electron chi connectivity index (χ3n) is 6.07. The zero-order valence-corrected chi connectivity index (χ0v) is 23.5. The van der Waals surface area contributed by atoms with E-state index in [4.69, 9.17) is 19.6 Å². The summed E-state index contributed by atoms with van der Waals surface area (Å²) < 4.78 is 16.9. The normalized spacial score (nSPS) is 13.4. The fourth-order valence-corrected chi connectivity index (χ4v) is 4.36. The van der Waals surface area contributed by atoms with E-state index in [1.54, 1.807) is 37.8 Å². The van der Waals surface area contributed by atoms with Crippen molar-refractivity contribution in [1.82, 2.24) is 9.88 Å². The summed E-state index contributed by atoms with van der Waals surface area (Å²) in [5, 5.41) is 8.65. The molecular formula is C29H39N3O5. The van der Waals surface area contributed by atoms with E-state index in [0.29, 0.717) is 30.2 Å². The number of benzene rings is 1. The van der Waals surface area contributed by atoms with Gasteiger partial charge in [-0.05, 0) is 65.2 Å². The number of fused-ring (bicyclic) bond motifs is 1. The number of ether oxygens (including phenoxy) is 3. The van der Waals surface area contributed by atoms with Crippen LogP contribution in [0.15, 0.2) is 18.2 Å². The number of nitrogens with zero attached hydrogens (tertiary/aromatic N) is 2. The Hall–Kier alpha value is -3.42. The second-order valence-corrected chi connectivity index (χ2v) is 11.4. The summed E-state index contributed by atoms with van der Waals surface area (Å²) in [4.78, 5) is 31.8. The average Bonchev–Trinajstić information content (AvgIpc) is 3.08. The average molecular weight is 510 g/mol. The van der Waals surface area contributed by atoms with Crippen LogP contribution >= 0.6 is 0 Å². The lowest BCUT2D eigenvalue weighted by molar-refractivity contribution is -0.157. The van der Waals surface area contributed by atoms with E-state index in [1.807, 2.05) is 47.6 Å². The van der Waals surface area contributed by atoms with Crippen molar-refractivity contribution in [3.05, 3.63) is 51.8 Å². The third-order valence-corrected chi connectivity index (χ3v) is 6.07. The quantitative estimate of drug-likeness (QED) is 0.388. The largest absolute Gasteiger partial charge is 0.492 e. The first-order chi connectivity index (χ1) is 17.1. The molecule has 0 aliphatic carbocycles. The molecule has 0 saturated heterocycles. The van der Waals surface area contributed by atoms with Gasteiger partial charge in [-0.25, -0.2) is 9.78 Å². The Labute approximate surface area is 219 Å². The number of amidine groups is 1. The topological polar surface area (TPSA) is 102 Å². The summed E-state index contributed by atoms with van der Waals surface area (Å²) in [6, 6.07) is 5.25. The molecule has 0 atom stereocenters. The number of hydrogen-bond acceptors (Lipinski definition) is 7. The van der Waals surface area contributed by atoms with Crippen LogP contribution in [0.2, 0.25) is 0 Å². The van der Waals surface area contributed by atoms with Crippen molar-refractivity contribution in [2.75, 3.05) is 19.8 Å². The van der Waals surface area contributed by atoms with Crippen molar-refractivity contribution in [3.8, 4) is 11.5 Å². The molecule has 1 N–H and O–H groups in total. The van der Waals surface area contributed by atoms with Crippen LogP contribution in [0.25, 0.3) is 0 Å². The van der Waals surface area contributed by atoms with Gasteiger partial charge >= 0.3 is 5.97 Å². The van der Waals surface area contributed by atoms with Crippen LogP contribution in [0.5, 0.6) is 11.5 Å². The van der Waals surface area contributed by atoms with Crippen molar-refractivity contribution in [3.63, 3.8) is 0 Å². The van der Waals surface area contributed by atoms with E-state index in [0.717, 1.165) is 28.1 Å². The minimum absolute atomic E-state index is 0.0549. The minimum Gasteiger partial charge on any atom is -0.492 e. The molecule has 1 aromatic heterocycles. The zero-order chi connectivity index (χ0) is 27.7. The molecule has 0 bridgehead atoms. The predicted molar refractivity (Wildman–Crippen MR) is 143 cm³/mol. The van der Waals surface area contributed by atoms with E-state index >= 15 is 0 Å². The SMILES string of the molecule is CCOc1c(C)nc2c(c1C)CN(CC(=O)c1ccc(OCC(=O)OC(C)(C)C)c(C(C)(C)C)c1)C2=N. The molecule has 1 aromatic carbocycles. The number of pyridine rings is 1. The molecule has 37 heavy (non-hydrogen) atoms. The van der Waals surface area contributed by atoms with E-state index in [-0.39, 0.29) is 30.2 Å². The Morgan fingerprint density at radius 2 is 1.76 bits per heavy atom. The molecule has 0 spiro atoms. The number of hydrogen-bond donors (Lipinski definition) is 1. The van der Waals surface area contributed by atoms with Crippen molar-refractivity contribution < 1.29 is 23.8 Å². The van der Waals surface area contributed by atoms with Crippen LogP contribution in [-0.2, 0) is 21.5 Å². The highest BCUT2D eigenvalue weighted by molar-refractivity contribution is 6.04. The van der Waals surface area contributed by atoms with Gasteiger partial charge in [0.2, 0.25) is 0 Å². The van der Waals surface area contributed by atoms with Gasteiger partial charge in [0.1, 0.15) is 28.6 Å². The van der Waals surface area contributed by atoms with Gasteiger partial charge in [-0.1, -0.05) is 20.8 Å². The monoisotopic (exact) mass is 509 g/mol. The number of aromatic nitrogens is 1. The maximum atomic E-state index is 13.3. The van der Waals surface area contributed by atoms with Crippen molar-refractivity contribution in [2.24, 2.45) is 0 Å². The number of ketones is 1. The van der Waals surface area contributed by atoms with E-state index in [1.165, 1.54) is 0 Å². The van der Waals surface area contributed by atoms with Gasteiger partial charge in [0.25, 0.3) is 0 Å². The number of nitrogens with one attached hydrogen (secondary N) is 1. The first kappa shape index (κ1) is 28.2. The molecule has 0 radical (unpaired) electrons. The van der Waals surface area contributed by atoms with Gasteiger partial charge in [0.15, 0.2) is 12.4 Å². The Kier molecular flexibility index (Phi) is 8.00. The highest BCUT2D eigenvalue weighted by atomic mass is 16.6. The summed E-state index contributed by atoms with van der Waals surface area (Å²) in [6.45, 7) is 18.1. The molecule has 8 nitrogen and oxygen atoms in total. The Morgan fingerprint density at radius 1 is 1.08 bits per heavy atom. The molecule has 8 heteroatoms. The number of aryl methyl sites for hydroxylation is 1. The highest BCUT2D eigenvalue weighted by Crippen LogP contribution is 2.34. The number of rotatable bonds is 8. The van der Waals surface area contributed by atoms with E-state index < -0.39 is 11.6 Å². The molecule has 200 valence electrons. The van der Waals surface area contributed by atoms with Gasteiger partial charge in [-0.15, -0.1) is 0 Å². The molecule has 1 aliphatic heterocycles. The van der Waals surface area contributed by atoms with Crippen LogP contribution in [0.3, 0.4) is 0 Å². The first-order valence-electron chi connectivity index (χ1n) is 12.6. The van der Waals surface area contributed by atoms with Crippen molar-refractivity contribution >= 4 is 17.6 Å². The van der Waals surface area contributed by atoms with Crippen LogP contribution in [0.4, 0.5) is 0 Å². The number of carbonyl (C=O) groups excluding carboxylic acids is 2. The molecule has 0 amide bonds. The minimum atomic E-state index is -0.593. The van der Waals surface area contributed by atoms with Crippen molar-refractivity contribution in [2.45, 2.75) is 79.9 Å². The predicted octanol–water partition coefficient (Wildman–Crippen LogP) is 5.14. The first-order valence-corrected chi connectivity index (χ1v) is 12.6. The number of esters is 1. The molecule has 0 saturated carbocycles. The molecule has 3 rings (SSSR count).